The van der Waals surface area contributed by atoms with Crippen LogP contribution in [0.4, 0.5) is 11.5 Å². The predicted molar refractivity (Wildman–Crippen MR) is 78.8 cm³/mol. The highest BCUT2D eigenvalue weighted by Crippen LogP contribution is 2.25. The molecule has 0 aromatic carbocycles. The Morgan fingerprint density at radius 2 is 2.19 bits per heavy atom. The maximum atomic E-state index is 11.2. The lowest BCUT2D eigenvalue weighted by atomic mass is 10.2. The highest BCUT2D eigenvalue weighted by Gasteiger charge is 2.25. The Bertz CT molecular complexity index is 652. The number of hydrogen-bond donors (Lipinski definition) is 2. The molecule has 2 rings (SSSR count). The quantitative estimate of drug-likeness (QED) is 0.475. The van der Waals surface area contributed by atoms with Gasteiger partial charge in [0.1, 0.15) is 17.2 Å². The van der Waals surface area contributed by atoms with Crippen LogP contribution < -0.4 is 11.3 Å². The summed E-state index contributed by atoms with van der Waals surface area (Å²) in [6.07, 6.45) is 2.72. The van der Waals surface area contributed by atoms with Crippen molar-refractivity contribution in [2.75, 3.05) is 5.43 Å². The van der Waals surface area contributed by atoms with Crippen molar-refractivity contribution in [3.8, 4) is 0 Å². The molecule has 3 N–H and O–H groups in total. The summed E-state index contributed by atoms with van der Waals surface area (Å²) in [6.45, 7) is 4.20. The van der Waals surface area contributed by atoms with E-state index in [-0.39, 0.29) is 10.6 Å². The minimum absolute atomic E-state index is 0.131. The van der Waals surface area contributed by atoms with E-state index >= 15 is 0 Å². The van der Waals surface area contributed by atoms with Gasteiger partial charge in [0.2, 0.25) is 0 Å². The van der Waals surface area contributed by atoms with E-state index in [1.807, 2.05) is 19.9 Å². The van der Waals surface area contributed by atoms with Gasteiger partial charge in [-0.25, -0.2) is 10.8 Å². The van der Waals surface area contributed by atoms with Gasteiger partial charge in [-0.2, -0.15) is 5.10 Å². The molecule has 0 atom stereocenters. The number of hydrazine groups is 1. The number of anilines is 1. The lowest BCUT2D eigenvalue weighted by Gasteiger charge is -2.06. The smallest absolute Gasteiger partial charge is 0.308 e. The number of nitrogens with two attached hydrogens (primary N) is 1. The molecular weight excluding hydrogens is 272 g/mol. The third-order valence-electron chi connectivity index (χ3n) is 3.26. The zero-order valence-corrected chi connectivity index (χ0v) is 12.0. The SMILES string of the molecule is CCc1nn(Cc2ccnc(NN)c2)c(CC)c1[N+](=O)[O-]. The first-order valence-electron chi connectivity index (χ1n) is 6.75. The van der Waals surface area contributed by atoms with Gasteiger partial charge in [-0.15, -0.1) is 0 Å². The summed E-state index contributed by atoms with van der Waals surface area (Å²) < 4.78 is 1.69. The molecule has 0 saturated heterocycles. The van der Waals surface area contributed by atoms with Gasteiger partial charge in [0, 0.05) is 6.20 Å². The van der Waals surface area contributed by atoms with Crippen molar-refractivity contribution < 1.29 is 4.92 Å². The van der Waals surface area contributed by atoms with Gasteiger partial charge in [0.05, 0.1) is 11.5 Å². The molecule has 0 unspecified atom stereocenters. The normalized spacial score (nSPS) is 10.6. The fraction of sp³-hybridized carbons (Fsp3) is 0.385. The number of aromatic nitrogens is 3. The fourth-order valence-corrected chi connectivity index (χ4v) is 2.30. The zero-order valence-electron chi connectivity index (χ0n) is 12.0. The highest BCUT2D eigenvalue weighted by molar-refractivity contribution is 5.42. The van der Waals surface area contributed by atoms with Gasteiger partial charge in [-0.05, 0) is 30.5 Å². The molecule has 2 aromatic heterocycles. The molecule has 0 bridgehead atoms. The summed E-state index contributed by atoms with van der Waals surface area (Å²) in [4.78, 5) is 14.9. The van der Waals surface area contributed by atoms with E-state index in [2.05, 4.69) is 15.5 Å². The molecule has 2 heterocycles. The summed E-state index contributed by atoms with van der Waals surface area (Å²) in [5.74, 6) is 5.88. The molecule has 8 heteroatoms. The zero-order chi connectivity index (χ0) is 15.4. The van der Waals surface area contributed by atoms with E-state index in [1.54, 1.807) is 16.9 Å². The first-order chi connectivity index (χ1) is 10.1. The number of hydrogen-bond acceptors (Lipinski definition) is 6. The number of nitrogen functional groups attached to an aromatic ring is 1. The standard InChI is InChI=1S/C13H18N6O2/c1-3-10-13(19(20)21)11(4-2)18(17-10)8-9-5-6-15-12(7-9)16-14/h5-7H,3-4,8,14H2,1-2H3,(H,15,16). The molecule has 0 fully saturated rings. The molecule has 0 aliphatic rings. The lowest BCUT2D eigenvalue weighted by Crippen LogP contribution is -2.10. The van der Waals surface area contributed by atoms with E-state index in [0.29, 0.717) is 36.6 Å². The summed E-state index contributed by atoms with van der Waals surface area (Å²) in [5.41, 5.74) is 4.69. The maximum Gasteiger partial charge on any atom is 0.313 e. The van der Waals surface area contributed by atoms with Crippen LogP contribution >= 0.6 is 0 Å². The monoisotopic (exact) mass is 290 g/mol. The molecule has 0 amide bonds. The molecule has 0 aliphatic heterocycles. The van der Waals surface area contributed by atoms with Gasteiger partial charge in [0.25, 0.3) is 0 Å². The molecule has 21 heavy (non-hydrogen) atoms. The fourth-order valence-electron chi connectivity index (χ4n) is 2.30. The van der Waals surface area contributed by atoms with Crippen LogP contribution in [-0.2, 0) is 19.4 Å². The second-order valence-electron chi connectivity index (χ2n) is 4.56. The Hall–Kier alpha value is -2.48. The Labute approximate surface area is 122 Å². The summed E-state index contributed by atoms with van der Waals surface area (Å²) in [7, 11) is 0. The lowest BCUT2D eigenvalue weighted by molar-refractivity contribution is -0.386. The Morgan fingerprint density at radius 1 is 1.43 bits per heavy atom. The summed E-state index contributed by atoms with van der Waals surface area (Å²) >= 11 is 0. The summed E-state index contributed by atoms with van der Waals surface area (Å²) in [5, 5.41) is 15.6. The minimum atomic E-state index is -0.347. The molecule has 8 nitrogen and oxygen atoms in total. The second-order valence-corrected chi connectivity index (χ2v) is 4.56. The first-order valence-corrected chi connectivity index (χ1v) is 6.75. The number of pyridine rings is 1. The topological polar surface area (TPSA) is 112 Å². The van der Waals surface area contributed by atoms with E-state index < -0.39 is 0 Å². The van der Waals surface area contributed by atoms with Crippen LogP contribution in [0.15, 0.2) is 18.3 Å². The third kappa shape index (κ3) is 3.00. The van der Waals surface area contributed by atoms with Crippen molar-refractivity contribution >= 4 is 11.5 Å². The third-order valence-corrected chi connectivity index (χ3v) is 3.26. The van der Waals surface area contributed by atoms with Crippen LogP contribution in [0.1, 0.15) is 30.8 Å². The van der Waals surface area contributed by atoms with Gasteiger partial charge in [-0.3, -0.25) is 14.8 Å². The minimum Gasteiger partial charge on any atom is -0.308 e. The van der Waals surface area contributed by atoms with Crippen molar-refractivity contribution in [1.29, 1.82) is 0 Å². The second kappa shape index (κ2) is 6.31. The first kappa shape index (κ1) is 14.9. The maximum absolute atomic E-state index is 11.2. The van der Waals surface area contributed by atoms with Crippen LogP contribution in [0.25, 0.3) is 0 Å². The van der Waals surface area contributed by atoms with Gasteiger partial charge >= 0.3 is 5.69 Å². The van der Waals surface area contributed by atoms with Crippen molar-refractivity contribution in [1.82, 2.24) is 14.8 Å². The highest BCUT2D eigenvalue weighted by atomic mass is 16.6. The van der Waals surface area contributed by atoms with E-state index in [0.717, 1.165) is 5.56 Å². The average molecular weight is 290 g/mol. The van der Waals surface area contributed by atoms with E-state index in [1.165, 1.54) is 0 Å². The number of nitro groups is 1. The Morgan fingerprint density at radius 3 is 2.76 bits per heavy atom. The van der Waals surface area contributed by atoms with Gasteiger partial charge in [0.15, 0.2) is 0 Å². The molecule has 0 spiro atoms. The van der Waals surface area contributed by atoms with Crippen molar-refractivity contribution in [3.05, 3.63) is 45.4 Å². The largest absolute Gasteiger partial charge is 0.313 e. The predicted octanol–water partition coefficient (Wildman–Crippen LogP) is 1.64. The number of nitrogens with one attached hydrogen (secondary N) is 1. The summed E-state index contributed by atoms with van der Waals surface area (Å²) in [6, 6.07) is 3.62. The molecule has 0 radical (unpaired) electrons. The molecule has 0 saturated carbocycles. The Kier molecular flexibility index (Phi) is 4.49. The Balaban J connectivity index is 2.41. The molecule has 0 aliphatic carbocycles. The average Bonchev–Trinajstić information content (AvgIpc) is 2.85. The van der Waals surface area contributed by atoms with Crippen LogP contribution in [0.3, 0.4) is 0 Å². The number of aryl methyl sites for hydroxylation is 1. The van der Waals surface area contributed by atoms with Crippen molar-refractivity contribution in [2.45, 2.75) is 33.2 Å². The van der Waals surface area contributed by atoms with Crippen LogP contribution in [0.5, 0.6) is 0 Å². The van der Waals surface area contributed by atoms with Crippen LogP contribution in [0.2, 0.25) is 0 Å². The number of nitrogens with zero attached hydrogens (tertiary/aromatic N) is 4. The van der Waals surface area contributed by atoms with E-state index in [4.69, 9.17) is 5.84 Å². The van der Waals surface area contributed by atoms with Crippen LogP contribution in [-0.4, -0.2) is 19.7 Å². The van der Waals surface area contributed by atoms with Gasteiger partial charge in [-0.1, -0.05) is 13.8 Å². The molecule has 112 valence electrons. The van der Waals surface area contributed by atoms with Gasteiger partial charge < -0.3 is 5.43 Å². The number of rotatable bonds is 6. The van der Waals surface area contributed by atoms with Crippen LogP contribution in [0, 0.1) is 10.1 Å². The van der Waals surface area contributed by atoms with E-state index in [9.17, 15) is 10.1 Å². The molecular formula is C13H18N6O2. The van der Waals surface area contributed by atoms with Crippen molar-refractivity contribution in [3.63, 3.8) is 0 Å². The van der Waals surface area contributed by atoms with Crippen molar-refractivity contribution in [2.24, 2.45) is 5.84 Å². The molecule has 2 aromatic rings.